The number of hydrogen-bond donors (Lipinski definition) is 2. The number of rotatable bonds is 6. The van der Waals surface area contributed by atoms with Gasteiger partial charge in [0.1, 0.15) is 5.82 Å². The number of aromatic nitrogens is 1. The molecule has 0 aliphatic heterocycles. The zero-order valence-corrected chi connectivity index (χ0v) is 12.8. The number of carbonyl (C=O) groups is 1. The van der Waals surface area contributed by atoms with Gasteiger partial charge in [-0.25, -0.2) is 10.8 Å². The smallest absolute Gasteiger partial charge is 0.254 e. The van der Waals surface area contributed by atoms with Crippen molar-refractivity contribution in [2.75, 3.05) is 24.5 Å². The van der Waals surface area contributed by atoms with E-state index in [0.717, 1.165) is 17.9 Å². The summed E-state index contributed by atoms with van der Waals surface area (Å²) in [5.74, 6) is 6.90. The zero-order chi connectivity index (χ0) is 14.4. The van der Waals surface area contributed by atoms with Crippen LogP contribution in [0, 0.1) is 6.92 Å². The fourth-order valence-corrected chi connectivity index (χ4v) is 2.33. The van der Waals surface area contributed by atoms with Crippen LogP contribution in [0.3, 0.4) is 0 Å². The Morgan fingerprint density at radius 2 is 2.26 bits per heavy atom. The maximum Gasteiger partial charge on any atom is 0.254 e. The van der Waals surface area contributed by atoms with E-state index in [-0.39, 0.29) is 11.9 Å². The molecular weight excluding hydrogens is 260 g/mol. The van der Waals surface area contributed by atoms with Crippen LogP contribution < -0.4 is 11.3 Å². The number of nitrogens with one attached hydrogen (secondary N) is 1. The van der Waals surface area contributed by atoms with Crippen molar-refractivity contribution in [2.45, 2.75) is 26.3 Å². The summed E-state index contributed by atoms with van der Waals surface area (Å²) >= 11 is 1.79. The highest BCUT2D eigenvalue weighted by atomic mass is 32.2. The predicted octanol–water partition coefficient (Wildman–Crippen LogP) is 1.89. The molecule has 0 saturated carbocycles. The van der Waals surface area contributed by atoms with E-state index in [4.69, 9.17) is 5.84 Å². The quantitative estimate of drug-likeness (QED) is 0.616. The second kappa shape index (κ2) is 7.35. The average Bonchev–Trinajstić information content (AvgIpc) is 2.42. The third kappa shape index (κ3) is 4.40. The lowest BCUT2D eigenvalue weighted by molar-refractivity contribution is 0.0741. The molecule has 19 heavy (non-hydrogen) atoms. The van der Waals surface area contributed by atoms with E-state index in [2.05, 4.69) is 23.6 Å². The molecule has 5 nitrogen and oxygen atoms in total. The van der Waals surface area contributed by atoms with Gasteiger partial charge in [0.25, 0.3) is 5.91 Å². The normalized spacial score (nSPS) is 12.1. The molecule has 1 rings (SSSR count). The Morgan fingerprint density at radius 3 is 2.84 bits per heavy atom. The first kappa shape index (κ1) is 15.8. The van der Waals surface area contributed by atoms with Gasteiger partial charge in [0.15, 0.2) is 0 Å². The van der Waals surface area contributed by atoms with Gasteiger partial charge in [-0.2, -0.15) is 11.8 Å². The van der Waals surface area contributed by atoms with Crippen molar-refractivity contribution in [3.05, 3.63) is 23.4 Å². The first-order valence-electron chi connectivity index (χ1n) is 6.21. The fraction of sp³-hybridized carbons (Fsp3) is 0.538. The largest absolute Gasteiger partial charge is 0.339 e. The molecule has 0 saturated heterocycles. The van der Waals surface area contributed by atoms with E-state index >= 15 is 0 Å². The molecule has 0 bridgehead atoms. The molecule has 1 atom stereocenters. The van der Waals surface area contributed by atoms with Crippen LogP contribution in [0.1, 0.15) is 29.4 Å². The zero-order valence-electron chi connectivity index (χ0n) is 11.9. The van der Waals surface area contributed by atoms with Gasteiger partial charge in [-0.3, -0.25) is 4.79 Å². The summed E-state index contributed by atoms with van der Waals surface area (Å²) in [5.41, 5.74) is 3.86. The Hall–Kier alpha value is -1.27. The highest BCUT2D eigenvalue weighted by Crippen LogP contribution is 2.14. The number of nitrogens with zero attached hydrogens (tertiary/aromatic N) is 2. The van der Waals surface area contributed by atoms with Crippen LogP contribution in [-0.4, -0.2) is 40.9 Å². The molecule has 1 unspecified atom stereocenters. The first-order valence-corrected chi connectivity index (χ1v) is 7.60. The molecule has 6 heteroatoms. The SMILES string of the molecule is CSCCC(C)N(C)C(=O)c1cc(C)nc(NN)c1. The van der Waals surface area contributed by atoms with Gasteiger partial charge in [-0.15, -0.1) is 0 Å². The summed E-state index contributed by atoms with van der Waals surface area (Å²) in [6.45, 7) is 3.90. The summed E-state index contributed by atoms with van der Waals surface area (Å²) in [4.78, 5) is 18.3. The van der Waals surface area contributed by atoms with E-state index in [0.29, 0.717) is 11.4 Å². The number of amides is 1. The molecule has 1 aromatic rings. The van der Waals surface area contributed by atoms with Crippen molar-refractivity contribution in [2.24, 2.45) is 5.84 Å². The number of nitrogens with two attached hydrogens (primary N) is 1. The van der Waals surface area contributed by atoms with Crippen LogP contribution >= 0.6 is 11.8 Å². The molecule has 0 aliphatic carbocycles. The highest BCUT2D eigenvalue weighted by Gasteiger charge is 2.18. The molecule has 1 heterocycles. The Labute approximate surface area is 118 Å². The second-order valence-corrected chi connectivity index (χ2v) is 5.56. The number of carbonyl (C=O) groups excluding carboxylic acids is 1. The molecule has 0 fully saturated rings. The average molecular weight is 282 g/mol. The van der Waals surface area contributed by atoms with Crippen LogP contribution in [0.25, 0.3) is 0 Å². The summed E-state index contributed by atoms with van der Waals surface area (Å²) in [6, 6.07) is 3.66. The number of anilines is 1. The fourth-order valence-electron chi connectivity index (χ4n) is 1.75. The van der Waals surface area contributed by atoms with Crippen molar-refractivity contribution in [3.63, 3.8) is 0 Å². The number of nitrogen functional groups attached to an aromatic ring is 1. The molecule has 0 aromatic carbocycles. The third-order valence-electron chi connectivity index (χ3n) is 3.07. The molecule has 0 radical (unpaired) electrons. The van der Waals surface area contributed by atoms with Crippen molar-refractivity contribution < 1.29 is 4.79 Å². The molecule has 0 spiro atoms. The van der Waals surface area contributed by atoms with E-state index < -0.39 is 0 Å². The van der Waals surface area contributed by atoms with Crippen LogP contribution in [0.15, 0.2) is 12.1 Å². The summed E-state index contributed by atoms with van der Waals surface area (Å²) in [6.07, 6.45) is 3.05. The van der Waals surface area contributed by atoms with Crippen molar-refractivity contribution in [3.8, 4) is 0 Å². The van der Waals surface area contributed by atoms with Gasteiger partial charge in [0, 0.05) is 24.3 Å². The lowest BCUT2D eigenvalue weighted by Crippen LogP contribution is -2.35. The van der Waals surface area contributed by atoms with Crippen molar-refractivity contribution in [1.82, 2.24) is 9.88 Å². The monoisotopic (exact) mass is 282 g/mol. The van der Waals surface area contributed by atoms with Gasteiger partial charge >= 0.3 is 0 Å². The minimum absolute atomic E-state index is 0.00407. The predicted molar refractivity (Wildman–Crippen MR) is 81.3 cm³/mol. The van der Waals surface area contributed by atoms with E-state index in [1.807, 2.05) is 14.0 Å². The van der Waals surface area contributed by atoms with Gasteiger partial charge in [0.05, 0.1) is 0 Å². The van der Waals surface area contributed by atoms with Crippen molar-refractivity contribution >= 4 is 23.5 Å². The van der Waals surface area contributed by atoms with E-state index in [9.17, 15) is 4.79 Å². The van der Waals surface area contributed by atoms with Crippen LogP contribution in [0.2, 0.25) is 0 Å². The number of hydrogen-bond acceptors (Lipinski definition) is 5. The lowest BCUT2D eigenvalue weighted by Gasteiger charge is -2.25. The highest BCUT2D eigenvalue weighted by molar-refractivity contribution is 7.98. The van der Waals surface area contributed by atoms with Crippen molar-refractivity contribution in [1.29, 1.82) is 0 Å². The Morgan fingerprint density at radius 1 is 1.58 bits per heavy atom. The maximum atomic E-state index is 12.4. The number of thioether (sulfide) groups is 1. The first-order chi connectivity index (χ1) is 8.99. The van der Waals surface area contributed by atoms with Gasteiger partial charge in [0.2, 0.25) is 0 Å². The number of aryl methyl sites for hydroxylation is 1. The van der Waals surface area contributed by atoms with Gasteiger partial charge in [-0.05, 0) is 44.4 Å². The van der Waals surface area contributed by atoms with Crippen LogP contribution in [0.5, 0.6) is 0 Å². The standard InChI is InChI=1S/C13H22N4OS/c1-9-7-11(8-12(15-9)16-14)13(18)17(3)10(2)5-6-19-4/h7-8,10H,5-6,14H2,1-4H3,(H,15,16). The Balaban J connectivity index is 2.84. The van der Waals surface area contributed by atoms with Crippen LogP contribution in [-0.2, 0) is 0 Å². The molecular formula is C13H22N4OS. The van der Waals surface area contributed by atoms with Gasteiger partial charge < -0.3 is 10.3 Å². The second-order valence-electron chi connectivity index (χ2n) is 4.57. The molecule has 0 aliphatic rings. The third-order valence-corrected chi connectivity index (χ3v) is 3.71. The van der Waals surface area contributed by atoms with Gasteiger partial charge in [-0.1, -0.05) is 0 Å². The lowest BCUT2D eigenvalue weighted by atomic mass is 10.1. The number of pyridine rings is 1. The van der Waals surface area contributed by atoms with E-state index in [1.54, 1.807) is 28.8 Å². The Kier molecular flexibility index (Phi) is 6.11. The topological polar surface area (TPSA) is 71.2 Å². The summed E-state index contributed by atoms with van der Waals surface area (Å²) < 4.78 is 0. The summed E-state index contributed by atoms with van der Waals surface area (Å²) in [5, 5.41) is 0. The summed E-state index contributed by atoms with van der Waals surface area (Å²) in [7, 11) is 1.83. The minimum atomic E-state index is -0.00407. The molecule has 1 aromatic heterocycles. The molecule has 1 amide bonds. The van der Waals surface area contributed by atoms with Crippen LogP contribution in [0.4, 0.5) is 5.82 Å². The molecule has 106 valence electrons. The van der Waals surface area contributed by atoms with E-state index in [1.165, 1.54) is 0 Å². The Bertz CT molecular complexity index is 439. The number of hydrazine groups is 1. The minimum Gasteiger partial charge on any atom is -0.339 e. The molecule has 3 N–H and O–H groups in total. The maximum absolute atomic E-state index is 12.4.